The summed E-state index contributed by atoms with van der Waals surface area (Å²) >= 11 is 0. The SMILES string of the molecule is COC(F)(F)[C@@]1(C)Cc2cc(NC(=O)c3cnn4cccnc34)c(N3CCOCC3)cc2O1. The van der Waals surface area contributed by atoms with E-state index in [0.717, 1.165) is 7.11 Å². The van der Waals surface area contributed by atoms with Crippen LogP contribution in [0.2, 0.25) is 0 Å². The van der Waals surface area contributed by atoms with Crippen LogP contribution in [0.15, 0.2) is 36.8 Å². The van der Waals surface area contributed by atoms with Crippen molar-refractivity contribution in [3.05, 3.63) is 47.9 Å². The second-order valence-electron chi connectivity index (χ2n) is 8.21. The first kappa shape index (κ1) is 21.5. The zero-order valence-corrected chi connectivity index (χ0v) is 18.2. The van der Waals surface area contributed by atoms with Crippen molar-refractivity contribution in [2.45, 2.75) is 25.1 Å². The van der Waals surface area contributed by atoms with Gasteiger partial charge in [-0.2, -0.15) is 13.9 Å². The van der Waals surface area contributed by atoms with E-state index in [2.05, 4.69) is 20.1 Å². The molecule has 0 aliphatic carbocycles. The van der Waals surface area contributed by atoms with Gasteiger partial charge in [-0.15, -0.1) is 0 Å². The quantitative estimate of drug-likeness (QED) is 0.628. The molecular formula is C22H23F2N5O4. The number of alkyl halides is 2. The number of ether oxygens (including phenoxy) is 3. The van der Waals surface area contributed by atoms with Gasteiger partial charge in [-0.05, 0) is 19.1 Å². The molecule has 0 spiro atoms. The number of nitrogens with one attached hydrogen (secondary N) is 1. The number of hydrogen-bond acceptors (Lipinski definition) is 7. The van der Waals surface area contributed by atoms with Gasteiger partial charge >= 0.3 is 6.11 Å². The molecule has 9 nitrogen and oxygen atoms in total. The summed E-state index contributed by atoms with van der Waals surface area (Å²) in [6.07, 6.45) is 1.15. The summed E-state index contributed by atoms with van der Waals surface area (Å²) in [6, 6.07) is 5.10. The molecule has 1 atom stereocenters. The normalized spacial score (nSPS) is 20.5. The zero-order valence-electron chi connectivity index (χ0n) is 18.2. The number of methoxy groups -OCH3 is 1. The van der Waals surface area contributed by atoms with E-state index in [-0.39, 0.29) is 6.42 Å². The van der Waals surface area contributed by atoms with Gasteiger partial charge in [-0.3, -0.25) is 4.79 Å². The van der Waals surface area contributed by atoms with Gasteiger partial charge in [0, 0.05) is 50.6 Å². The Morgan fingerprint density at radius 3 is 2.85 bits per heavy atom. The number of morpholine rings is 1. The van der Waals surface area contributed by atoms with Gasteiger partial charge in [0.1, 0.15) is 11.3 Å². The van der Waals surface area contributed by atoms with E-state index >= 15 is 0 Å². The Balaban J connectivity index is 1.52. The van der Waals surface area contributed by atoms with Crippen LogP contribution in [0.1, 0.15) is 22.8 Å². The third-order valence-electron chi connectivity index (χ3n) is 6.04. The molecule has 2 aliphatic rings. The van der Waals surface area contributed by atoms with E-state index in [1.165, 1.54) is 17.6 Å². The summed E-state index contributed by atoms with van der Waals surface area (Å²) in [5, 5.41) is 7.08. The average Bonchev–Trinajstić information content (AvgIpc) is 3.40. The van der Waals surface area contributed by atoms with Crippen molar-refractivity contribution in [3.63, 3.8) is 0 Å². The maximum absolute atomic E-state index is 14.4. The van der Waals surface area contributed by atoms with Crippen molar-refractivity contribution >= 4 is 22.9 Å². The summed E-state index contributed by atoms with van der Waals surface area (Å²) in [4.78, 5) is 19.4. The highest BCUT2D eigenvalue weighted by Gasteiger charge is 2.56. The second-order valence-corrected chi connectivity index (χ2v) is 8.21. The number of hydrogen-bond donors (Lipinski definition) is 1. The van der Waals surface area contributed by atoms with Crippen molar-refractivity contribution in [3.8, 4) is 5.75 Å². The largest absolute Gasteiger partial charge is 0.478 e. The summed E-state index contributed by atoms with van der Waals surface area (Å²) in [5.41, 5.74) is 0.570. The highest BCUT2D eigenvalue weighted by Crippen LogP contribution is 2.47. The van der Waals surface area contributed by atoms with Crippen LogP contribution in [0, 0.1) is 0 Å². The molecule has 0 unspecified atom stereocenters. The van der Waals surface area contributed by atoms with Gasteiger partial charge in [0.25, 0.3) is 5.91 Å². The van der Waals surface area contributed by atoms with Crippen LogP contribution in [0.5, 0.6) is 5.75 Å². The molecule has 4 heterocycles. The predicted molar refractivity (Wildman–Crippen MR) is 115 cm³/mol. The summed E-state index contributed by atoms with van der Waals surface area (Å²) in [5.74, 6) is -0.0616. The van der Waals surface area contributed by atoms with Gasteiger partial charge in [0.05, 0.1) is 30.8 Å². The highest BCUT2D eigenvalue weighted by molar-refractivity contribution is 6.09. The van der Waals surface area contributed by atoms with Gasteiger partial charge in [0.15, 0.2) is 5.65 Å². The average molecular weight is 459 g/mol. The van der Waals surface area contributed by atoms with E-state index in [0.29, 0.717) is 60.2 Å². The number of fused-ring (bicyclic) bond motifs is 2. The summed E-state index contributed by atoms with van der Waals surface area (Å²) in [7, 11) is 0.951. The molecule has 0 saturated carbocycles. The molecule has 2 aliphatic heterocycles. The number of anilines is 2. The fourth-order valence-electron chi connectivity index (χ4n) is 4.21. The van der Waals surface area contributed by atoms with Gasteiger partial charge in [0.2, 0.25) is 5.60 Å². The molecule has 3 aromatic rings. The van der Waals surface area contributed by atoms with Gasteiger partial charge in [-0.25, -0.2) is 9.50 Å². The van der Waals surface area contributed by atoms with Crippen molar-refractivity contribution in [1.29, 1.82) is 0 Å². The lowest BCUT2D eigenvalue weighted by atomic mass is 9.97. The molecule has 33 heavy (non-hydrogen) atoms. The standard InChI is InChI=1S/C22H23F2N5O4/c1-21(22(23,24)31-2)12-14-10-16(17(11-18(14)33-21)28-6-8-32-9-7-28)27-20(30)15-13-26-29-5-3-4-25-19(15)29/h3-5,10-11,13H,6-9,12H2,1-2H3,(H,27,30)/t21-/m1/s1. The Morgan fingerprint density at radius 1 is 1.30 bits per heavy atom. The maximum atomic E-state index is 14.4. The monoisotopic (exact) mass is 459 g/mol. The van der Waals surface area contributed by atoms with Crippen LogP contribution in [0.4, 0.5) is 20.2 Å². The molecule has 0 bridgehead atoms. The molecule has 11 heteroatoms. The molecule has 2 aromatic heterocycles. The molecule has 0 radical (unpaired) electrons. The minimum absolute atomic E-state index is 0.0757. The molecule has 1 amide bonds. The van der Waals surface area contributed by atoms with Crippen molar-refractivity contribution in [1.82, 2.24) is 14.6 Å². The van der Waals surface area contributed by atoms with Crippen LogP contribution in [-0.2, 0) is 15.9 Å². The topological polar surface area (TPSA) is 90.2 Å². The molecule has 174 valence electrons. The second kappa shape index (κ2) is 7.92. The summed E-state index contributed by atoms with van der Waals surface area (Å²) in [6.45, 7) is 3.52. The minimum Gasteiger partial charge on any atom is -0.478 e. The molecule has 1 N–H and O–H groups in total. The lowest BCUT2D eigenvalue weighted by Gasteiger charge is -2.32. The fourth-order valence-corrected chi connectivity index (χ4v) is 4.21. The number of halogens is 2. The van der Waals surface area contributed by atoms with E-state index in [9.17, 15) is 13.6 Å². The van der Waals surface area contributed by atoms with Crippen molar-refractivity contribution in [2.24, 2.45) is 0 Å². The van der Waals surface area contributed by atoms with E-state index < -0.39 is 17.6 Å². The smallest absolute Gasteiger partial charge is 0.395 e. The molecule has 1 aromatic carbocycles. The van der Waals surface area contributed by atoms with Crippen molar-refractivity contribution in [2.75, 3.05) is 43.6 Å². The fraction of sp³-hybridized carbons (Fsp3) is 0.409. The number of rotatable bonds is 5. The zero-order chi connectivity index (χ0) is 23.2. The lowest BCUT2D eigenvalue weighted by Crippen LogP contribution is -2.50. The Bertz CT molecular complexity index is 1210. The number of amides is 1. The number of aromatic nitrogens is 3. The van der Waals surface area contributed by atoms with Crippen LogP contribution in [0.25, 0.3) is 5.65 Å². The number of benzene rings is 1. The molecular weight excluding hydrogens is 436 g/mol. The van der Waals surface area contributed by atoms with E-state index in [1.54, 1.807) is 30.6 Å². The van der Waals surface area contributed by atoms with Crippen molar-refractivity contribution < 1.29 is 27.8 Å². The first-order chi connectivity index (χ1) is 15.8. The Labute approximate surface area is 188 Å². The highest BCUT2D eigenvalue weighted by atomic mass is 19.3. The van der Waals surface area contributed by atoms with Gasteiger partial charge in [-0.1, -0.05) is 0 Å². The van der Waals surface area contributed by atoms with Crippen LogP contribution in [0.3, 0.4) is 0 Å². The number of nitrogens with zero attached hydrogens (tertiary/aromatic N) is 4. The number of carbonyl (C=O) groups excluding carboxylic acids is 1. The first-order valence-electron chi connectivity index (χ1n) is 10.5. The lowest BCUT2D eigenvalue weighted by molar-refractivity contribution is -0.300. The van der Waals surface area contributed by atoms with Crippen LogP contribution >= 0.6 is 0 Å². The Hall–Kier alpha value is -3.31. The van der Waals surface area contributed by atoms with Crippen LogP contribution < -0.4 is 15.0 Å². The van der Waals surface area contributed by atoms with E-state index in [1.807, 2.05) is 4.90 Å². The maximum Gasteiger partial charge on any atom is 0.395 e. The molecule has 1 saturated heterocycles. The summed E-state index contributed by atoms with van der Waals surface area (Å²) < 4.78 is 46.0. The molecule has 1 fully saturated rings. The Morgan fingerprint density at radius 2 is 2.09 bits per heavy atom. The third-order valence-corrected chi connectivity index (χ3v) is 6.04. The first-order valence-corrected chi connectivity index (χ1v) is 10.5. The van der Waals surface area contributed by atoms with Crippen LogP contribution in [-0.4, -0.2) is 65.6 Å². The van der Waals surface area contributed by atoms with E-state index in [4.69, 9.17) is 9.47 Å². The van der Waals surface area contributed by atoms with Gasteiger partial charge < -0.3 is 24.4 Å². The predicted octanol–water partition coefficient (Wildman–Crippen LogP) is 2.75. The molecule has 5 rings (SSSR count). The Kier molecular flexibility index (Phi) is 5.17. The third kappa shape index (κ3) is 3.66. The number of carbonyl (C=O) groups is 1. The minimum atomic E-state index is -3.49.